The summed E-state index contributed by atoms with van der Waals surface area (Å²) in [5, 5.41) is 6.99. The van der Waals surface area contributed by atoms with Crippen LogP contribution in [0.3, 0.4) is 0 Å². The number of fused-ring (bicyclic) bond motifs is 3. The van der Waals surface area contributed by atoms with Gasteiger partial charge in [-0.15, -0.1) is 24.8 Å². The number of pyridine rings is 1. The SMILES string of the molecule is Cc1cc(C(=O)NC2CC3CCC(C2)N3)nc2c1c(=O)n(C)c(=O)n2C.Cl.Cl. The molecule has 2 atom stereocenters. The number of nitrogens with zero attached hydrogens (tertiary/aromatic N) is 3. The lowest BCUT2D eigenvalue weighted by Crippen LogP contribution is -2.48. The molecule has 2 aliphatic rings. The number of hydrogen-bond donors (Lipinski definition) is 2. The summed E-state index contributed by atoms with van der Waals surface area (Å²) in [6, 6.07) is 2.72. The van der Waals surface area contributed by atoms with Crippen LogP contribution >= 0.6 is 24.8 Å². The molecule has 0 aliphatic carbocycles. The number of piperidine rings is 1. The van der Waals surface area contributed by atoms with Gasteiger partial charge in [0.2, 0.25) is 0 Å². The highest BCUT2D eigenvalue weighted by molar-refractivity contribution is 5.95. The molecule has 28 heavy (non-hydrogen) atoms. The summed E-state index contributed by atoms with van der Waals surface area (Å²) in [7, 11) is 3.00. The fourth-order valence-electron chi connectivity index (χ4n) is 4.28. The molecule has 10 heteroatoms. The summed E-state index contributed by atoms with van der Waals surface area (Å²) in [4.78, 5) is 41.6. The van der Waals surface area contributed by atoms with Crippen LogP contribution in [0.15, 0.2) is 15.7 Å². The van der Waals surface area contributed by atoms with Crippen LogP contribution in [0.5, 0.6) is 0 Å². The van der Waals surface area contributed by atoms with Crippen LogP contribution in [0.1, 0.15) is 41.7 Å². The first-order valence-corrected chi connectivity index (χ1v) is 8.99. The van der Waals surface area contributed by atoms with E-state index in [1.54, 1.807) is 20.0 Å². The van der Waals surface area contributed by atoms with Gasteiger partial charge >= 0.3 is 5.69 Å². The molecule has 0 radical (unpaired) electrons. The van der Waals surface area contributed by atoms with Crippen molar-refractivity contribution in [3.05, 3.63) is 38.2 Å². The summed E-state index contributed by atoms with van der Waals surface area (Å²) in [5.74, 6) is -0.255. The van der Waals surface area contributed by atoms with Gasteiger partial charge in [-0.2, -0.15) is 0 Å². The Balaban J connectivity index is 0.00000140. The Morgan fingerprint density at radius 1 is 1.14 bits per heavy atom. The van der Waals surface area contributed by atoms with Gasteiger partial charge in [0.25, 0.3) is 11.5 Å². The summed E-state index contributed by atoms with van der Waals surface area (Å²) in [5.41, 5.74) is 0.274. The first kappa shape index (κ1) is 22.4. The van der Waals surface area contributed by atoms with Gasteiger partial charge in [0.1, 0.15) is 11.3 Å². The quantitative estimate of drug-likeness (QED) is 0.735. The molecule has 154 valence electrons. The van der Waals surface area contributed by atoms with Crippen LogP contribution in [-0.2, 0) is 14.1 Å². The third kappa shape index (κ3) is 3.68. The highest BCUT2D eigenvalue weighted by Crippen LogP contribution is 2.27. The number of amides is 1. The number of carbonyl (C=O) groups excluding carboxylic acids is 1. The Morgan fingerprint density at radius 3 is 2.36 bits per heavy atom. The van der Waals surface area contributed by atoms with Gasteiger partial charge in [0.15, 0.2) is 0 Å². The molecule has 0 saturated carbocycles. The zero-order valence-electron chi connectivity index (χ0n) is 16.0. The average Bonchev–Trinajstić information content (AvgIpc) is 2.95. The van der Waals surface area contributed by atoms with Gasteiger partial charge in [-0.1, -0.05) is 0 Å². The lowest BCUT2D eigenvalue weighted by Gasteiger charge is -2.29. The molecule has 0 spiro atoms. The average molecular weight is 430 g/mol. The van der Waals surface area contributed by atoms with E-state index in [4.69, 9.17) is 0 Å². The van der Waals surface area contributed by atoms with Crippen molar-refractivity contribution in [1.29, 1.82) is 0 Å². The zero-order chi connectivity index (χ0) is 18.6. The van der Waals surface area contributed by atoms with Gasteiger partial charge < -0.3 is 10.6 Å². The number of carbonyl (C=O) groups is 1. The van der Waals surface area contributed by atoms with Gasteiger partial charge in [-0.05, 0) is 44.2 Å². The second-order valence-corrected chi connectivity index (χ2v) is 7.51. The van der Waals surface area contributed by atoms with Crippen molar-refractivity contribution in [2.45, 2.75) is 50.7 Å². The normalized spacial score (nSPS) is 23.0. The minimum Gasteiger partial charge on any atom is -0.348 e. The molecule has 2 aliphatic heterocycles. The van der Waals surface area contributed by atoms with E-state index in [1.165, 1.54) is 11.6 Å². The summed E-state index contributed by atoms with van der Waals surface area (Å²) in [6.07, 6.45) is 4.17. The lowest BCUT2D eigenvalue weighted by molar-refractivity contribution is 0.0919. The van der Waals surface area contributed by atoms with Crippen molar-refractivity contribution >= 4 is 41.8 Å². The van der Waals surface area contributed by atoms with E-state index in [-0.39, 0.29) is 48.1 Å². The Labute approximate surface area is 174 Å². The van der Waals surface area contributed by atoms with E-state index in [9.17, 15) is 14.4 Å². The van der Waals surface area contributed by atoms with Gasteiger partial charge in [0.05, 0.1) is 5.39 Å². The van der Waals surface area contributed by atoms with Crippen LogP contribution < -0.4 is 21.9 Å². The van der Waals surface area contributed by atoms with E-state index in [0.29, 0.717) is 23.0 Å². The molecule has 2 N–H and O–H groups in total. The molecule has 2 aromatic heterocycles. The number of hydrogen-bond acceptors (Lipinski definition) is 5. The maximum Gasteiger partial charge on any atom is 0.332 e. The predicted octanol–water partition coefficient (Wildman–Crippen LogP) is 0.797. The summed E-state index contributed by atoms with van der Waals surface area (Å²) >= 11 is 0. The third-order valence-corrected chi connectivity index (χ3v) is 5.65. The Kier molecular flexibility index (Phi) is 6.58. The predicted molar refractivity (Wildman–Crippen MR) is 112 cm³/mol. The lowest BCUT2D eigenvalue weighted by atomic mass is 9.99. The largest absolute Gasteiger partial charge is 0.348 e. The van der Waals surface area contributed by atoms with Crippen LogP contribution in [-0.4, -0.2) is 38.2 Å². The van der Waals surface area contributed by atoms with Gasteiger partial charge in [-0.3, -0.25) is 18.7 Å². The molecule has 2 unspecified atom stereocenters. The number of aromatic nitrogens is 3. The van der Waals surface area contributed by atoms with E-state index in [1.807, 2.05) is 0 Å². The second kappa shape index (κ2) is 8.23. The van der Waals surface area contributed by atoms with Crippen LogP contribution in [0.4, 0.5) is 0 Å². The zero-order valence-corrected chi connectivity index (χ0v) is 17.7. The molecular weight excluding hydrogens is 405 g/mol. The smallest absolute Gasteiger partial charge is 0.332 e. The first-order chi connectivity index (χ1) is 12.3. The Hall–Kier alpha value is -1.90. The molecule has 1 amide bonds. The maximum absolute atomic E-state index is 12.7. The molecule has 0 aromatic carbocycles. The van der Waals surface area contributed by atoms with E-state index in [2.05, 4.69) is 15.6 Å². The van der Waals surface area contributed by atoms with Crippen molar-refractivity contribution in [2.24, 2.45) is 14.1 Å². The molecule has 2 fully saturated rings. The fraction of sp³-hybridized carbons (Fsp3) is 0.556. The number of halogens is 2. The molecular formula is C18H25Cl2N5O3. The van der Waals surface area contributed by atoms with Gasteiger partial charge in [-0.25, -0.2) is 9.78 Å². The van der Waals surface area contributed by atoms with Crippen molar-refractivity contribution in [3.63, 3.8) is 0 Å². The Morgan fingerprint density at radius 2 is 1.75 bits per heavy atom. The standard InChI is InChI=1S/C18H23N5O3.2ClH/c1-9-6-13(16(24)20-12-7-10-4-5-11(8-12)19-10)21-15-14(9)17(25)23(3)18(26)22(15)2;;/h6,10-12,19H,4-5,7-8H2,1-3H3,(H,20,24);2*1H. The molecule has 4 heterocycles. The van der Waals surface area contributed by atoms with Gasteiger partial charge in [0, 0.05) is 32.2 Å². The van der Waals surface area contributed by atoms with E-state index < -0.39 is 11.2 Å². The number of nitrogens with one attached hydrogen (secondary N) is 2. The topological polar surface area (TPSA) is 98.0 Å². The summed E-state index contributed by atoms with van der Waals surface area (Å²) in [6.45, 7) is 1.76. The molecule has 2 saturated heterocycles. The first-order valence-electron chi connectivity index (χ1n) is 8.99. The van der Waals surface area contributed by atoms with Crippen LogP contribution in [0.2, 0.25) is 0 Å². The third-order valence-electron chi connectivity index (χ3n) is 5.65. The van der Waals surface area contributed by atoms with Crippen molar-refractivity contribution in [2.75, 3.05) is 0 Å². The van der Waals surface area contributed by atoms with Crippen molar-refractivity contribution < 1.29 is 4.79 Å². The number of aryl methyl sites for hydroxylation is 2. The highest BCUT2D eigenvalue weighted by atomic mass is 35.5. The monoisotopic (exact) mass is 429 g/mol. The fourth-order valence-corrected chi connectivity index (χ4v) is 4.28. The van der Waals surface area contributed by atoms with E-state index >= 15 is 0 Å². The van der Waals surface area contributed by atoms with Crippen molar-refractivity contribution in [1.82, 2.24) is 24.8 Å². The molecule has 2 bridgehead atoms. The summed E-state index contributed by atoms with van der Waals surface area (Å²) < 4.78 is 2.37. The molecule has 8 nitrogen and oxygen atoms in total. The minimum atomic E-state index is -0.457. The highest BCUT2D eigenvalue weighted by Gasteiger charge is 2.34. The number of rotatable bonds is 2. The van der Waals surface area contributed by atoms with E-state index in [0.717, 1.165) is 30.3 Å². The van der Waals surface area contributed by atoms with Crippen LogP contribution in [0, 0.1) is 6.92 Å². The minimum absolute atomic E-state index is 0. The maximum atomic E-state index is 12.7. The molecule has 2 aromatic rings. The molecule has 4 rings (SSSR count). The second-order valence-electron chi connectivity index (χ2n) is 7.51. The Bertz CT molecular complexity index is 1020. The van der Waals surface area contributed by atoms with Crippen molar-refractivity contribution in [3.8, 4) is 0 Å². The van der Waals surface area contributed by atoms with Crippen LogP contribution in [0.25, 0.3) is 11.0 Å².